The fourth-order valence-corrected chi connectivity index (χ4v) is 3.95. The van der Waals surface area contributed by atoms with E-state index in [1.54, 1.807) is 12.1 Å². The van der Waals surface area contributed by atoms with Gasteiger partial charge in [-0.2, -0.15) is 0 Å². The number of rotatable bonds is 5. The average molecular weight is 404 g/mol. The lowest BCUT2D eigenvalue weighted by Crippen LogP contribution is -2.41. The lowest BCUT2D eigenvalue weighted by molar-refractivity contribution is 0.00578. The monoisotopic (exact) mass is 404 g/mol. The van der Waals surface area contributed by atoms with Crippen LogP contribution in [0.4, 0.5) is 5.69 Å². The molecule has 1 aliphatic heterocycles. The van der Waals surface area contributed by atoms with Gasteiger partial charge in [-0.3, -0.25) is 4.72 Å². The minimum Gasteiger partial charge on any atom is -0.480 e. The third-order valence-corrected chi connectivity index (χ3v) is 6.53. The first-order valence-electron chi connectivity index (χ1n) is 8.94. The summed E-state index contributed by atoms with van der Waals surface area (Å²) in [5.74, 6) is -0.000112. The highest BCUT2D eigenvalue weighted by atomic mass is 32.2. The summed E-state index contributed by atoms with van der Waals surface area (Å²) in [7, 11) is -3.28. The second-order valence-corrected chi connectivity index (χ2v) is 9.49. The van der Waals surface area contributed by atoms with Crippen molar-refractivity contribution < 1.29 is 22.5 Å². The standard InChI is InChI=1S/C19H25BN2O5S/c1-13-7-9-15(10-8-13)22-28(23,24)16-11-14(12-21-17(16)25-6)20-26-18(2,3)19(4,5)27-20/h7-12,22H,1-6H3. The van der Waals surface area contributed by atoms with E-state index in [4.69, 9.17) is 14.0 Å². The van der Waals surface area contributed by atoms with E-state index in [-0.39, 0.29) is 10.8 Å². The highest BCUT2D eigenvalue weighted by Crippen LogP contribution is 2.36. The largest absolute Gasteiger partial charge is 0.496 e. The van der Waals surface area contributed by atoms with Crippen LogP contribution in [0.25, 0.3) is 0 Å². The molecule has 2 heterocycles. The molecular formula is C19H25BN2O5S. The Balaban J connectivity index is 1.96. The maximum absolute atomic E-state index is 13.0. The Bertz CT molecular complexity index is 958. The molecule has 1 saturated heterocycles. The number of benzene rings is 1. The fourth-order valence-electron chi connectivity index (χ4n) is 2.73. The van der Waals surface area contributed by atoms with Gasteiger partial charge < -0.3 is 14.0 Å². The summed E-state index contributed by atoms with van der Waals surface area (Å²) in [5.41, 5.74) is 0.899. The van der Waals surface area contributed by atoms with Crippen LogP contribution in [0.15, 0.2) is 41.4 Å². The Morgan fingerprint density at radius 2 is 1.64 bits per heavy atom. The van der Waals surface area contributed by atoms with Gasteiger partial charge in [0.15, 0.2) is 0 Å². The maximum Gasteiger partial charge on any atom is 0.496 e. The smallest absolute Gasteiger partial charge is 0.480 e. The number of hydrogen-bond donors (Lipinski definition) is 1. The van der Waals surface area contributed by atoms with E-state index in [1.807, 2.05) is 46.8 Å². The van der Waals surface area contributed by atoms with Crippen molar-refractivity contribution in [1.82, 2.24) is 4.98 Å². The number of nitrogens with one attached hydrogen (secondary N) is 1. The molecule has 0 aliphatic carbocycles. The Morgan fingerprint density at radius 3 is 2.18 bits per heavy atom. The van der Waals surface area contributed by atoms with E-state index >= 15 is 0 Å². The van der Waals surface area contributed by atoms with Crippen LogP contribution in [0.5, 0.6) is 5.88 Å². The van der Waals surface area contributed by atoms with Crippen molar-refractivity contribution in [2.75, 3.05) is 11.8 Å². The molecule has 0 bridgehead atoms. The molecule has 1 aromatic heterocycles. The average Bonchev–Trinajstić information content (AvgIpc) is 2.84. The van der Waals surface area contributed by atoms with E-state index in [1.165, 1.54) is 19.4 Å². The highest BCUT2D eigenvalue weighted by molar-refractivity contribution is 7.92. The van der Waals surface area contributed by atoms with Gasteiger partial charge >= 0.3 is 7.12 Å². The second kappa shape index (κ2) is 7.06. The molecule has 0 atom stereocenters. The molecule has 7 nitrogen and oxygen atoms in total. The number of hydrogen-bond acceptors (Lipinski definition) is 6. The number of anilines is 1. The molecule has 1 aliphatic rings. The molecule has 1 fully saturated rings. The summed E-state index contributed by atoms with van der Waals surface area (Å²) >= 11 is 0. The normalized spacial score (nSPS) is 18.1. The molecule has 1 N–H and O–H groups in total. The molecule has 1 aromatic carbocycles. The molecular weight excluding hydrogens is 379 g/mol. The molecule has 0 spiro atoms. The van der Waals surface area contributed by atoms with Gasteiger partial charge in [0, 0.05) is 17.3 Å². The molecule has 3 rings (SSSR count). The van der Waals surface area contributed by atoms with Gasteiger partial charge in [-0.1, -0.05) is 17.7 Å². The van der Waals surface area contributed by atoms with Gasteiger partial charge in [-0.15, -0.1) is 0 Å². The van der Waals surface area contributed by atoms with Crippen molar-refractivity contribution in [2.24, 2.45) is 0 Å². The van der Waals surface area contributed by atoms with Gasteiger partial charge in [0.25, 0.3) is 10.0 Å². The van der Waals surface area contributed by atoms with E-state index in [2.05, 4.69) is 9.71 Å². The molecule has 0 radical (unpaired) electrons. The Kier molecular flexibility index (Phi) is 5.20. The van der Waals surface area contributed by atoms with Gasteiger partial charge in [0.1, 0.15) is 4.90 Å². The number of aromatic nitrogens is 1. The van der Waals surface area contributed by atoms with Crippen molar-refractivity contribution >= 4 is 28.3 Å². The number of nitrogens with zero attached hydrogens (tertiary/aromatic N) is 1. The molecule has 28 heavy (non-hydrogen) atoms. The molecule has 9 heteroatoms. The molecule has 0 unspecified atom stereocenters. The first kappa shape index (κ1) is 20.6. The molecule has 0 amide bonds. The van der Waals surface area contributed by atoms with Crippen molar-refractivity contribution in [3.8, 4) is 5.88 Å². The van der Waals surface area contributed by atoms with Gasteiger partial charge in [0.05, 0.1) is 18.3 Å². The van der Waals surface area contributed by atoms with E-state index in [0.717, 1.165) is 5.56 Å². The van der Waals surface area contributed by atoms with E-state index < -0.39 is 28.3 Å². The third-order valence-electron chi connectivity index (χ3n) is 5.15. The second-order valence-electron chi connectivity index (χ2n) is 7.84. The Labute approximate surface area is 166 Å². The summed E-state index contributed by atoms with van der Waals surface area (Å²) in [6.07, 6.45) is 1.51. The quantitative estimate of drug-likeness (QED) is 0.771. The lowest BCUT2D eigenvalue weighted by Gasteiger charge is -2.32. The number of sulfonamides is 1. The lowest BCUT2D eigenvalue weighted by atomic mass is 9.80. The summed E-state index contributed by atoms with van der Waals surface area (Å²) in [6.45, 7) is 9.65. The van der Waals surface area contributed by atoms with Crippen molar-refractivity contribution in [3.63, 3.8) is 0 Å². The van der Waals surface area contributed by atoms with Gasteiger partial charge in [-0.25, -0.2) is 13.4 Å². The minimum atomic E-state index is -3.93. The fraction of sp³-hybridized carbons (Fsp3) is 0.421. The highest BCUT2D eigenvalue weighted by Gasteiger charge is 2.52. The first-order chi connectivity index (χ1) is 12.9. The van der Waals surface area contributed by atoms with Crippen molar-refractivity contribution in [2.45, 2.75) is 50.7 Å². The summed E-state index contributed by atoms with van der Waals surface area (Å²) < 4.78 is 45.7. The maximum atomic E-state index is 13.0. The van der Waals surface area contributed by atoms with E-state index in [9.17, 15) is 8.42 Å². The van der Waals surface area contributed by atoms with Gasteiger partial charge in [0.2, 0.25) is 5.88 Å². The van der Waals surface area contributed by atoms with Crippen LogP contribution >= 0.6 is 0 Å². The molecule has 0 saturated carbocycles. The summed E-state index contributed by atoms with van der Waals surface area (Å²) in [5, 5.41) is 0. The number of methoxy groups -OCH3 is 1. The van der Waals surface area contributed by atoms with Crippen LogP contribution in [0, 0.1) is 6.92 Å². The zero-order chi connectivity index (χ0) is 20.7. The Morgan fingerprint density at radius 1 is 1.07 bits per heavy atom. The first-order valence-corrected chi connectivity index (χ1v) is 10.4. The zero-order valence-corrected chi connectivity index (χ0v) is 17.8. The van der Waals surface area contributed by atoms with Crippen LogP contribution < -0.4 is 14.9 Å². The van der Waals surface area contributed by atoms with E-state index in [0.29, 0.717) is 11.2 Å². The van der Waals surface area contributed by atoms with Gasteiger partial charge in [-0.05, 0) is 52.8 Å². The van der Waals surface area contributed by atoms with Crippen LogP contribution in [0.2, 0.25) is 0 Å². The predicted molar refractivity (Wildman–Crippen MR) is 108 cm³/mol. The summed E-state index contributed by atoms with van der Waals surface area (Å²) in [4.78, 5) is 4.08. The van der Waals surface area contributed by atoms with Crippen molar-refractivity contribution in [1.29, 1.82) is 0 Å². The number of aryl methyl sites for hydroxylation is 1. The SMILES string of the molecule is COc1ncc(B2OC(C)(C)C(C)(C)O2)cc1S(=O)(=O)Nc1ccc(C)cc1. The van der Waals surface area contributed by atoms with Crippen LogP contribution in [0.3, 0.4) is 0 Å². The molecule has 150 valence electrons. The van der Waals surface area contributed by atoms with Crippen molar-refractivity contribution in [3.05, 3.63) is 42.1 Å². The number of ether oxygens (including phenoxy) is 1. The topological polar surface area (TPSA) is 86.8 Å². The minimum absolute atomic E-state index is 0.000112. The third kappa shape index (κ3) is 3.87. The zero-order valence-electron chi connectivity index (χ0n) is 16.9. The number of pyridine rings is 1. The van der Waals surface area contributed by atoms with Crippen LogP contribution in [-0.2, 0) is 19.3 Å². The molecule has 2 aromatic rings. The Hall–Kier alpha value is -2.10. The summed E-state index contributed by atoms with van der Waals surface area (Å²) in [6, 6.07) is 8.53. The van der Waals surface area contributed by atoms with Crippen LogP contribution in [0.1, 0.15) is 33.3 Å². The predicted octanol–water partition coefficient (Wildman–Crippen LogP) is 2.50. The van der Waals surface area contributed by atoms with Crippen LogP contribution in [-0.4, -0.2) is 38.8 Å².